The van der Waals surface area contributed by atoms with Crippen molar-refractivity contribution in [2.24, 2.45) is 5.92 Å². The van der Waals surface area contributed by atoms with Crippen molar-refractivity contribution in [3.8, 4) is 0 Å². The van der Waals surface area contributed by atoms with Crippen molar-refractivity contribution in [1.29, 1.82) is 0 Å². The number of nitrogens with one attached hydrogen (secondary N) is 2. The van der Waals surface area contributed by atoms with E-state index in [4.69, 9.17) is 0 Å². The molecular weight excluding hydrogens is 164 g/mol. The molecule has 2 aliphatic rings. The van der Waals surface area contributed by atoms with Gasteiger partial charge in [-0.05, 0) is 51.2 Å². The van der Waals surface area contributed by atoms with Crippen molar-refractivity contribution >= 4 is 0 Å². The Morgan fingerprint density at radius 3 is 2.62 bits per heavy atom. The Balaban J connectivity index is 1.64. The van der Waals surface area contributed by atoms with Gasteiger partial charge in [0, 0.05) is 6.54 Å². The van der Waals surface area contributed by atoms with Gasteiger partial charge < -0.3 is 15.7 Å². The number of hydrogen-bond acceptors (Lipinski definition) is 3. The van der Waals surface area contributed by atoms with Crippen LogP contribution in [-0.2, 0) is 0 Å². The lowest BCUT2D eigenvalue weighted by molar-refractivity contribution is 0.0111. The lowest BCUT2D eigenvalue weighted by Gasteiger charge is -2.32. The minimum absolute atomic E-state index is 0.430. The van der Waals surface area contributed by atoms with Gasteiger partial charge in [-0.15, -0.1) is 0 Å². The van der Waals surface area contributed by atoms with Gasteiger partial charge in [-0.2, -0.15) is 0 Å². The van der Waals surface area contributed by atoms with Crippen LogP contribution in [0.25, 0.3) is 0 Å². The Bertz CT molecular complexity index is 162. The summed E-state index contributed by atoms with van der Waals surface area (Å²) in [6.45, 7) is 3.81. The van der Waals surface area contributed by atoms with Crippen molar-refractivity contribution in [1.82, 2.24) is 10.6 Å². The molecule has 0 bridgehead atoms. The molecule has 2 rings (SSSR count). The fourth-order valence-corrected chi connectivity index (χ4v) is 1.90. The van der Waals surface area contributed by atoms with Crippen molar-refractivity contribution in [3.63, 3.8) is 0 Å². The molecule has 0 spiro atoms. The van der Waals surface area contributed by atoms with E-state index >= 15 is 0 Å². The average molecular weight is 184 g/mol. The molecule has 1 aliphatic carbocycles. The van der Waals surface area contributed by atoms with Gasteiger partial charge in [-0.3, -0.25) is 0 Å². The summed E-state index contributed by atoms with van der Waals surface area (Å²) >= 11 is 0. The Morgan fingerprint density at radius 1 is 1.31 bits per heavy atom. The highest BCUT2D eigenvalue weighted by atomic mass is 16.3. The van der Waals surface area contributed by atoms with Crippen molar-refractivity contribution in [3.05, 3.63) is 0 Å². The predicted molar refractivity (Wildman–Crippen MR) is 52.6 cm³/mol. The summed E-state index contributed by atoms with van der Waals surface area (Å²) in [6.07, 6.45) is 4.55. The van der Waals surface area contributed by atoms with Crippen LogP contribution < -0.4 is 10.6 Å². The maximum atomic E-state index is 10.1. The van der Waals surface area contributed by atoms with Crippen LogP contribution in [0.2, 0.25) is 0 Å². The van der Waals surface area contributed by atoms with Crippen LogP contribution in [-0.4, -0.2) is 36.9 Å². The summed E-state index contributed by atoms with van der Waals surface area (Å²) in [5.74, 6) is 0.908. The molecule has 3 nitrogen and oxygen atoms in total. The summed E-state index contributed by atoms with van der Waals surface area (Å²) in [5, 5.41) is 16.7. The number of piperidine rings is 1. The van der Waals surface area contributed by atoms with Crippen LogP contribution >= 0.6 is 0 Å². The molecule has 0 amide bonds. The zero-order chi connectivity index (χ0) is 9.15. The van der Waals surface area contributed by atoms with Crippen molar-refractivity contribution in [2.75, 3.05) is 26.2 Å². The van der Waals surface area contributed by atoms with Gasteiger partial charge in [0.05, 0.1) is 5.60 Å². The molecule has 3 heteroatoms. The first kappa shape index (κ1) is 9.44. The first-order valence-corrected chi connectivity index (χ1v) is 5.42. The quantitative estimate of drug-likeness (QED) is 0.580. The number of hydrogen-bond donors (Lipinski definition) is 3. The van der Waals surface area contributed by atoms with E-state index < -0.39 is 5.60 Å². The predicted octanol–water partition coefficient (Wildman–Crippen LogP) is 0.100. The molecule has 13 heavy (non-hydrogen) atoms. The van der Waals surface area contributed by atoms with Crippen LogP contribution in [0.1, 0.15) is 25.7 Å². The topological polar surface area (TPSA) is 44.3 Å². The molecule has 0 aromatic carbocycles. The van der Waals surface area contributed by atoms with Gasteiger partial charge in [0.25, 0.3) is 0 Å². The maximum absolute atomic E-state index is 10.1. The minimum Gasteiger partial charge on any atom is -0.388 e. The molecule has 0 radical (unpaired) electrons. The number of aliphatic hydroxyl groups is 1. The molecule has 1 saturated carbocycles. The van der Waals surface area contributed by atoms with Crippen LogP contribution in [0.5, 0.6) is 0 Å². The smallest absolute Gasteiger partial charge is 0.0795 e. The molecule has 76 valence electrons. The second kappa shape index (κ2) is 3.95. The third kappa shape index (κ3) is 2.93. The highest BCUT2D eigenvalue weighted by Gasteiger charge is 2.29. The van der Waals surface area contributed by atoms with Crippen molar-refractivity contribution < 1.29 is 5.11 Å². The fraction of sp³-hybridized carbons (Fsp3) is 1.00. The second-order valence-corrected chi connectivity index (χ2v) is 4.55. The molecule has 0 atom stereocenters. The average Bonchev–Trinajstić information content (AvgIpc) is 2.89. The summed E-state index contributed by atoms with van der Waals surface area (Å²) in [4.78, 5) is 0. The van der Waals surface area contributed by atoms with E-state index in [1.165, 1.54) is 12.8 Å². The first-order chi connectivity index (χ1) is 6.29. The molecule has 0 unspecified atom stereocenters. The van der Waals surface area contributed by atoms with Gasteiger partial charge in [0.2, 0.25) is 0 Å². The highest BCUT2D eigenvalue weighted by molar-refractivity contribution is 4.87. The monoisotopic (exact) mass is 184 g/mol. The largest absolute Gasteiger partial charge is 0.388 e. The van der Waals surface area contributed by atoms with Crippen LogP contribution in [0.15, 0.2) is 0 Å². The molecule has 1 saturated heterocycles. The Morgan fingerprint density at radius 2 is 2.00 bits per heavy atom. The van der Waals surface area contributed by atoms with Crippen LogP contribution in [0, 0.1) is 5.92 Å². The zero-order valence-electron chi connectivity index (χ0n) is 8.18. The van der Waals surface area contributed by atoms with E-state index in [0.717, 1.165) is 44.9 Å². The maximum Gasteiger partial charge on any atom is 0.0795 e. The normalized spacial score (nSPS) is 27.5. The third-order valence-corrected chi connectivity index (χ3v) is 3.12. The van der Waals surface area contributed by atoms with E-state index in [2.05, 4.69) is 10.6 Å². The first-order valence-electron chi connectivity index (χ1n) is 5.42. The lowest BCUT2D eigenvalue weighted by atomic mass is 9.92. The van der Waals surface area contributed by atoms with Gasteiger partial charge in [-0.25, -0.2) is 0 Å². The fourth-order valence-electron chi connectivity index (χ4n) is 1.90. The highest BCUT2D eigenvalue weighted by Crippen LogP contribution is 2.27. The van der Waals surface area contributed by atoms with Gasteiger partial charge in [0.1, 0.15) is 0 Å². The van der Waals surface area contributed by atoms with Crippen LogP contribution in [0.4, 0.5) is 0 Å². The van der Waals surface area contributed by atoms with Gasteiger partial charge >= 0.3 is 0 Å². The Kier molecular flexibility index (Phi) is 2.86. The van der Waals surface area contributed by atoms with E-state index in [1.54, 1.807) is 0 Å². The molecule has 1 heterocycles. The van der Waals surface area contributed by atoms with E-state index in [-0.39, 0.29) is 0 Å². The summed E-state index contributed by atoms with van der Waals surface area (Å²) in [5.41, 5.74) is -0.430. The van der Waals surface area contributed by atoms with Crippen molar-refractivity contribution in [2.45, 2.75) is 31.3 Å². The molecule has 1 aliphatic heterocycles. The Hall–Kier alpha value is -0.120. The molecular formula is C10H20N2O. The van der Waals surface area contributed by atoms with Crippen LogP contribution in [0.3, 0.4) is 0 Å². The van der Waals surface area contributed by atoms with Gasteiger partial charge in [0.15, 0.2) is 0 Å². The number of rotatable bonds is 4. The third-order valence-electron chi connectivity index (χ3n) is 3.12. The summed E-state index contributed by atoms with van der Waals surface area (Å²) in [7, 11) is 0. The summed E-state index contributed by atoms with van der Waals surface area (Å²) in [6, 6.07) is 0. The van der Waals surface area contributed by atoms with E-state index in [0.29, 0.717) is 0 Å². The van der Waals surface area contributed by atoms with Gasteiger partial charge in [-0.1, -0.05) is 0 Å². The lowest BCUT2D eigenvalue weighted by Crippen LogP contribution is -2.48. The molecule has 2 fully saturated rings. The van der Waals surface area contributed by atoms with E-state index in [9.17, 15) is 5.11 Å². The Labute approximate surface area is 79.9 Å². The molecule has 3 N–H and O–H groups in total. The zero-order valence-corrected chi connectivity index (χ0v) is 8.18. The molecule has 0 aromatic rings. The summed E-state index contributed by atoms with van der Waals surface area (Å²) < 4.78 is 0. The molecule has 0 aromatic heterocycles. The van der Waals surface area contributed by atoms with E-state index in [1.807, 2.05) is 0 Å². The minimum atomic E-state index is -0.430. The SMILES string of the molecule is OC1(CNCC2CC2)CCNCC1. The second-order valence-electron chi connectivity index (χ2n) is 4.55. The standard InChI is InChI=1S/C10H20N2O/c13-10(3-5-11-6-4-10)8-12-7-9-1-2-9/h9,11-13H,1-8H2.